The van der Waals surface area contributed by atoms with Gasteiger partial charge in [-0.25, -0.2) is 8.78 Å². The minimum Gasteiger partial charge on any atom is -0.490 e. The first-order valence-electron chi connectivity index (χ1n) is 8.24. The normalized spacial score (nSPS) is 16.6. The molecule has 5 heteroatoms. The minimum absolute atomic E-state index is 0.308. The summed E-state index contributed by atoms with van der Waals surface area (Å²) < 4.78 is 39.2. The van der Waals surface area contributed by atoms with E-state index < -0.39 is 17.7 Å². The van der Waals surface area contributed by atoms with E-state index in [0.29, 0.717) is 36.8 Å². The first-order valence-corrected chi connectivity index (χ1v) is 8.24. The highest BCUT2D eigenvalue weighted by atomic mass is 19.1. The molecule has 0 amide bonds. The number of halogens is 2. The molecule has 2 aromatic carbocycles. The second-order valence-corrected chi connectivity index (χ2v) is 5.67. The average Bonchev–Trinajstić information content (AvgIpc) is 2.57. The summed E-state index contributed by atoms with van der Waals surface area (Å²) in [5.41, 5.74) is 2.27. The molecule has 3 nitrogen and oxygen atoms in total. The van der Waals surface area contributed by atoms with Crippen LogP contribution in [0.1, 0.15) is 36.6 Å². The predicted octanol–water partition coefficient (Wildman–Crippen LogP) is 4.00. The van der Waals surface area contributed by atoms with Crippen molar-refractivity contribution in [3.63, 3.8) is 0 Å². The number of rotatable bonds is 5. The van der Waals surface area contributed by atoms with Crippen LogP contribution in [-0.4, -0.2) is 19.8 Å². The zero-order valence-corrected chi connectivity index (χ0v) is 13.9. The molecule has 0 spiro atoms. The Morgan fingerprint density at radius 2 is 1.71 bits per heavy atom. The highest BCUT2D eigenvalue weighted by Gasteiger charge is 2.26. The SMILES string of the molecule is CCOc1cc2c(cc1OCC)[C@@H](c1cc(F)ccc1F)NCC2. The van der Waals surface area contributed by atoms with Crippen LogP contribution in [0.15, 0.2) is 30.3 Å². The van der Waals surface area contributed by atoms with E-state index in [4.69, 9.17) is 9.47 Å². The highest BCUT2D eigenvalue weighted by Crippen LogP contribution is 2.38. The first kappa shape index (κ1) is 16.7. The lowest BCUT2D eigenvalue weighted by Gasteiger charge is -2.29. The van der Waals surface area contributed by atoms with Crippen molar-refractivity contribution in [2.24, 2.45) is 0 Å². The molecule has 0 aromatic heterocycles. The molecule has 0 unspecified atom stereocenters. The predicted molar refractivity (Wildman–Crippen MR) is 88.7 cm³/mol. The fourth-order valence-electron chi connectivity index (χ4n) is 3.11. The van der Waals surface area contributed by atoms with Crippen LogP contribution < -0.4 is 14.8 Å². The Kier molecular flexibility index (Phi) is 5.00. The van der Waals surface area contributed by atoms with E-state index in [1.165, 1.54) is 12.1 Å². The molecule has 1 aliphatic rings. The first-order chi connectivity index (χ1) is 11.6. The maximum Gasteiger partial charge on any atom is 0.161 e. The summed E-state index contributed by atoms with van der Waals surface area (Å²) in [6, 6.07) is 6.98. The monoisotopic (exact) mass is 333 g/mol. The Balaban J connectivity index is 2.09. The van der Waals surface area contributed by atoms with Gasteiger partial charge in [0.15, 0.2) is 11.5 Å². The van der Waals surface area contributed by atoms with Gasteiger partial charge in [-0.15, -0.1) is 0 Å². The molecule has 0 aliphatic carbocycles. The molecule has 0 fully saturated rings. The number of nitrogens with one attached hydrogen (secondary N) is 1. The summed E-state index contributed by atoms with van der Waals surface area (Å²) in [5.74, 6) is 0.451. The van der Waals surface area contributed by atoms with Crippen LogP contribution in [0.4, 0.5) is 8.78 Å². The third kappa shape index (κ3) is 3.22. The summed E-state index contributed by atoms with van der Waals surface area (Å²) in [7, 11) is 0. The molecule has 0 radical (unpaired) electrons. The number of hydrogen-bond donors (Lipinski definition) is 1. The lowest BCUT2D eigenvalue weighted by Crippen LogP contribution is -2.31. The molecule has 1 heterocycles. The molecule has 1 atom stereocenters. The highest BCUT2D eigenvalue weighted by molar-refractivity contribution is 5.51. The third-order valence-corrected chi connectivity index (χ3v) is 4.13. The van der Waals surface area contributed by atoms with E-state index in [9.17, 15) is 8.78 Å². The Hall–Kier alpha value is -2.14. The van der Waals surface area contributed by atoms with Gasteiger partial charge in [-0.2, -0.15) is 0 Å². The van der Waals surface area contributed by atoms with Crippen molar-refractivity contribution in [3.05, 3.63) is 58.7 Å². The van der Waals surface area contributed by atoms with Crippen LogP contribution in [0.2, 0.25) is 0 Å². The van der Waals surface area contributed by atoms with Crippen LogP contribution in [0.5, 0.6) is 11.5 Å². The Morgan fingerprint density at radius 3 is 2.42 bits per heavy atom. The topological polar surface area (TPSA) is 30.5 Å². The van der Waals surface area contributed by atoms with Gasteiger partial charge in [0.05, 0.1) is 19.3 Å². The van der Waals surface area contributed by atoms with Gasteiger partial charge in [-0.05, 0) is 61.7 Å². The fourth-order valence-corrected chi connectivity index (χ4v) is 3.11. The van der Waals surface area contributed by atoms with Crippen molar-refractivity contribution in [3.8, 4) is 11.5 Å². The molecule has 24 heavy (non-hydrogen) atoms. The molecular formula is C19H21F2NO2. The van der Waals surface area contributed by atoms with E-state index in [2.05, 4.69) is 5.32 Å². The summed E-state index contributed by atoms with van der Waals surface area (Å²) in [5, 5.41) is 3.28. The second-order valence-electron chi connectivity index (χ2n) is 5.67. The summed E-state index contributed by atoms with van der Waals surface area (Å²) >= 11 is 0. The maximum atomic E-state index is 14.2. The van der Waals surface area contributed by atoms with Gasteiger partial charge < -0.3 is 14.8 Å². The van der Waals surface area contributed by atoms with E-state index in [1.807, 2.05) is 26.0 Å². The second kappa shape index (κ2) is 7.18. The van der Waals surface area contributed by atoms with Crippen molar-refractivity contribution in [1.82, 2.24) is 5.32 Å². The number of hydrogen-bond acceptors (Lipinski definition) is 3. The third-order valence-electron chi connectivity index (χ3n) is 4.13. The quantitative estimate of drug-likeness (QED) is 0.897. The zero-order chi connectivity index (χ0) is 17.1. The molecule has 128 valence electrons. The van der Waals surface area contributed by atoms with Gasteiger partial charge in [0.1, 0.15) is 11.6 Å². The van der Waals surface area contributed by atoms with Crippen LogP contribution in [0, 0.1) is 11.6 Å². The van der Waals surface area contributed by atoms with E-state index in [-0.39, 0.29) is 0 Å². The lowest BCUT2D eigenvalue weighted by atomic mass is 9.89. The Labute approximate surface area is 140 Å². The van der Waals surface area contributed by atoms with Crippen molar-refractivity contribution < 1.29 is 18.3 Å². The Bertz CT molecular complexity index is 734. The zero-order valence-electron chi connectivity index (χ0n) is 13.9. The standard InChI is InChI=1S/C19H21F2NO2/c1-3-23-17-9-12-7-8-22-19(14(12)11-18(17)24-4-2)15-10-13(20)5-6-16(15)21/h5-6,9-11,19,22H,3-4,7-8H2,1-2H3/t19-/m0/s1. The van der Waals surface area contributed by atoms with Gasteiger partial charge in [-0.3, -0.25) is 0 Å². The van der Waals surface area contributed by atoms with Gasteiger partial charge in [0.2, 0.25) is 0 Å². The Morgan fingerprint density at radius 1 is 1.00 bits per heavy atom. The van der Waals surface area contributed by atoms with Crippen LogP contribution >= 0.6 is 0 Å². The molecule has 2 aromatic rings. The smallest absolute Gasteiger partial charge is 0.161 e. The number of fused-ring (bicyclic) bond motifs is 1. The molecular weight excluding hydrogens is 312 g/mol. The summed E-state index contributed by atoms with van der Waals surface area (Å²) in [4.78, 5) is 0. The van der Waals surface area contributed by atoms with Crippen molar-refractivity contribution in [1.29, 1.82) is 0 Å². The minimum atomic E-state index is -0.448. The molecule has 0 bridgehead atoms. The summed E-state index contributed by atoms with van der Waals surface area (Å²) in [6.45, 7) is 5.55. The van der Waals surface area contributed by atoms with E-state index in [0.717, 1.165) is 23.6 Å². The molecule has 3 rings (SSSR count). The van der Waals surface area contributed by atoms with E-state index >= 15 is 0 Å². The molecule has 1 N–H and O–H groups in total. The fraction of sp³-hybridized carbons (Fsp3) is 0.368. The molecule has 0 saturated carbocycles. The number of benzene rings is 2. The van der Waals surface area contributed by atoms with Gasteiger partial charge >= 0.3 is 0 Å². The van der Waals surface area contributed by atoms with Crippen LogP contribution in [0.25, 0.3) is 0 Å². The number of ether oxygens (including phenoxy) is 2. The van der Waals surface area contributed by atoms with Gasteiger partial charge in [0, 0.05) is 12.1 Å². The summed E-state index contributed by atoms with van der Waals surface area (Å²) in [6.07, 6.45) is 0.801. The van der Waals surface area contributed by atoms with Crippen LogP contribution in [0.3, 0.4) is 0 Å². The molecule has 0 saturated heterocycles. The van der Waals surface area contributed by atoms with Crippen molar-refractivity contribution in [2.45, 2.75) is 26.3 Å². The maximum absolute atomic E-state index is 14.2. The van der Waals surface area contributed by atoms with Gasteiger partial charge in [-0.1, -0.05) is 0 Å². The van der Waals surface area contributed by atoms with Crippen molar-refractivity contribution >= 4 is 0 Å². The lowest BCUT2D eigenvalue weighted by molar-refractivity contribution is 0.286. The molecule has 1 aliphatic heterocycles. The largest absolute Gasteiger partial charge is 0.490 e. The van der Waals surface area contributed by atoms with Gasteiger partial charge in [0.25, 0.3) is 0 Å². The van der Waals surface area contributed by atoms with Crippen molar-refractivity contribution in [2.75, 3.05) is 19.8 Å². The average molecular weight is 333 g/mol. The van der Waals surface area contributed by atoms with Crippen LogP contribution in [-0.2, 0) is 6.42 Å². The van der Waals surface area contributed by atoms with E-state index in [1.54, 1.807) is 0 Å².